The lowest BCUT2D eigenvalue weighted by molar-refractivity contribution is 0.268. The van der Waals surface area contributed by atoms with E-state index in [-0.39, 0.29) is 10.9 Å². The van der Waals surface area contributed by atoms with Crippen molar-refractivity contribution >= 4 is 21.8 Å². The van der Waals surface area contributed by atoms with Crippen LogP contribution in [0.2, 0.25) is 0 Å². The van der Waals surface area contributed by atoms with Gasteiger partial charge < -0.3 is 4.57 Å². The fourth-order valence-corrected chi connectivity index (χ4v) is 7.51. The number of hydrogen-bond donors (Lipinski definition) is 0. The van der Waals surface area contributed by atoms with Crippen LogP contribution in [0.4, 0.5) is 0 Å². The van der Waals surface area contributed by atoms with Crippen molar-refractivity contribution in [3.63, 3.8) is 0 Å². The highest BCUT2D eigenvalue weighted by atomic mass is 32.2. The maximum atomic E-state index is 13.7. The Morgan fingerprint density at radius 1 is 0.970 bits per heavy atom. The minimum Gasteiger partial charge on any atom is -0.312 e. The molecule has 2 heterocycles. The van der Waals surface area contributed by atoms with Crippen molar-refractivity contribution in [2.75, 3.05) is 13.1 Å². The van der Waals surface area contributed by atoms with Crippen molar-refractivity contribution in [1.82, 2.24) is 19.1 Å². The fourth-order valence-electron chi connectivity index (χ4n) is 4.47. The molecule has 4 rings (SSSR count). The van der Waals surface area contributed by atoms with E-state index in [2.05, 4.69) is 26.9 Å². The molecule has 0 spiro atoms. The zero-order valence-corrected chi connectivity index (χ0v) is 20.9. The normalized spacial score (nSPS) is 15.5. The average Bonchev–Trinajstić information content (AvgIpc) is 3.11. The van der Waals surface area contributed by atoms with Gasteiger partial charge in [0.2, 0.25) is 10.0 Å². The quantitative estimate of drug-likeness (QED) is 0.530. The average molecular weight is 482 g/mol. The molecule has 1 fully saturated rings. The molecule has 3 aromatic rings. The molecule has 0 atom stereocenters. The van der Waals surface area contributed by atoms with Crippen molar-refractivity contribution < 1.29 is 8.42 Å². The van der Waals surface area contributed by atoms with Crippen LogP contribution in [0.5, 0.6) is 0 Å². The summed E-state index contributed by atoms with van der Waals surface area (Å²) in [7, 11) is -3.76. The molecule has 7 nitrogen and oxygen atoms in total. The monoisotopic (exact) mass is 481 g/mol. The molecule has 0 unspecified atom stereocenters. The first kappa shape index (κ1) is 23.5. The first-order valence-corrected chi connectivity index (χ1v) is 13.1. The van der Waals surface area contributed by atoms with Crippen molar-refractivity contribution in [1.29, 1.82) is 5.26 Å². The summed E-state index contributed by atoms with van der Waals surface area (Å²) in [4.78, 5) is 1.80. The number of aromatic nitrogens is 3. The number of aryl methyl sites for hydroxylation is 4. The van der Waals surface area contributed by atoms with Crippen LogP contribution in [0.3, 0.4) is 0 Å². The van der Waals surface area contributed by atoms with Crippen LogP contribution in [0.25, 0.3) is 0 Å². The summed E-state index contributed by atoms with van der Waals surface area (Å²) in [5.74, 6) is 1.70. The van der Waals surface area contributed by atoms with Gasteiger partial charge in [0.05, 0.1) is 16.5 Å². The second kappa shape index (κ2) is 9.29. The Balaban J connectivity index is 1.62. The SMILES string of the molecule is Cc1cc(C)cc(Sc2ccc(C#N)cc2S(=O)(=O)N2CCC(n3c(C)nnc3C)CC2)c1. The van der Waals surface area contributed by atoms with E-state index < -0.39 is 10.0 Å². The Labute approximate surface area is 199 Å². The van der Waals surface area contributed by atoms with E-state index in [1.54, 1.807) is 16.4 Å². The van der Waals surface area contributed by atoms with Crippen molar-refractivity contribution in [2.45, 2.75) is 61.3 Å². The van der Waals surface area contributed by atoms with E-state index in [9.17, 15) is 13.7 Å². The van der Waals surface area contributed by atoms with Crippen LogP contribution < -0.4 is 0 Å². The van der Waals surface area contributed by atoms with Crippen LogP contribution >= 0.6 is 11.8 Å². The van der Waals surface area contributed by atoms with Gasteiger partial charge >= 0.3 is 0 Å². The number of nitriles is 1. The van der Waals surface area contributed by atoms with Crippen molar-refractivity contribution in [3.05, 3.63) is 64.7 Å². The Hall–Kier alpha value is -2.67. The highest BCUT2D eigenvalue weighted by Crippen LogP contribution is 2.37. The number of sulfonamides is 1. The van der Waals surface area contributed by atoms with E-state index in [0.717, 1.165) is 27.7 Å². The molecule has 1 aliphatic rings. The minimum atomic E-state index is -3.76. The molecule has 0 radical (unpaired) electrons. The van der Waals surface area contributed by atoms with Gasteiger partial charge in [0.15, 0.2) is 0 Å². The predicted octanol–water partition coefficient (Wildman–Crippen LogP) is 4.56. The summed E-state index contributed by atoms with van der Waals surface area (Å²) >= 11 is 1.42. The third-order valence-electron chi connectivity index (χ3n) is 5.94. The third kappa shape index (κ3) is 4.83. The Morgan fingerprint density at radius 2 is 1.58 bits per heavy atom. The summed E-state index contributed by atoms with van der Waals surface area (Å²) in [6, 6.07) is 13.4. The van der Waals surface area contributed by atoms with Crippen LogP contribution in [0.1, 0.15) is 47.2 Å². The molecule has 172 valence electrons. The zero-order chi connectivity index (χ0) is 23.8. The van der Waals surface area contributed by atoms with E-state index in [1.165, 1.54) is 17.8 Å². The van der Waals surface area contributed by atoms with Gasteiger partial charge in [0.1, 0.15) is 11.6 Å². The first-order chi connectivity index (χ1) is 15.7. The van der Waals surface area contributed by atoms with E-state index in [1.807, 2.05) is 39.8 Å². The highest BCUT2D eigenvalue weighted by molar-refractivity contribution is 8.00. The van der Waals surface area contributed by atoms with Crippen molar-refractivity contribution in [2.24, 2.45) is 0 Å². The number of rotatable bonds is 5. The van der Waals surface area contributed by atoms with Crippen LogP contribution in [0, 0.1) is 39.0 Å². The molecule has 2 aromatic carbocycles. The van der Waals surface area contributed by atoms with E-state index >= 15 is 0 Å². The molecule has 0 N–H and O–H groups in total. The van der Waals surface area contributed by atoms with Gasteiger partial charge in [-0.15, -0.1) is 10.2 Å². The summed E-state index contributed by atoms with van der Waals surface area (Å²) in [5, 5.41) is 17.7. The number of nitrogens with zero attached hydrogens (tertiary/aromatic N) is 5. The minimum absolute atomic E-state index is 0.181. The van der Waals surface area contributed by atoms with Gasteiger partial charge in [-0.25, -0.2) is 8.42 Å². The van der Waals surface area contributed by atoms with E-state index in [0.29, 0.717) is 36.4 Å². The molecule has 1 aromatic heterocycles. The Bertz CT molecular complexity index is 1290. The lowest BCUT2D eigenvalue weighted by Gasteiger charge is -2.33. The number of piperidine rings is 1. The highest BCUT2D eigenvalue weighted by Gasteiger charge is 2.33. The molecule has 0 saturated carbocycles. The summed E-state index contributed by atoms with van der Waals surface area (Å²) in [6.45, 7) is 8.72. The van der Waals surface area contributed by atoms with Gasteiger partial charge in [-0.05, 0) is 82.0 Å². The van der Waals surface area contributed by atoms with Crippen LogP contribution in [0.15, 0.2) is 51.1 Å². The Kier molecular flexibility index (Phi) is 6.61. The molecule has 33 heavy (non-hydrogen) atoms. The lowest BCUT2D eigenvalue weighted by atomic mass is 10.1. The molecule has 0 bridgehead atoms. The third-order valence-corrected chi connectivity index (χ3v) is 9.05. The van der Waals surface area contributed by atoms with Gasteiger partial charge in [-0.1, -0.05) is 17.8 Å². The largest absolute Gasteiger partial charge is 0.312 e. The zero-order valence-electron chi connectivity index (χ0n) is 19.2. The summed E-state index contributed by atoms with van der Waals surface area (Å²) < 4.78 is 31.0. The number of hydrogen-bond acceptors (Lipinski definition) is 6. The maximum absolute atomic E-state index is 13.7. The van der Waals surface area contributed by atoms with Gasteiger partial charge in [0, 0.05) is 28.9 Å². The topological polar surface area (TPSA) is 91.9 Å². The van der Waals surface area contributed by atoms with Crippen LogP contribution in [-0.4, -0.2) is 40.6 Å². The molecular weight excluding hydrogens is 454 g/mol. The molecular formula is C24H27N5O2S2. The molecule has 1 aliphatic heterocycles. The Morgan fingerprint density at radius 3 is 2.15 bits per heavy atom. The van der Waals surface area contributed by atoms with Gasteiger partial charge in [-0.3, -0.25) is 0 Å². The predicted molar refractivity (Wildman–Crippen MR) is 128 cm³/mol. The fraction of sp³-hybridized carbons (Fsp3) is 0.375. The second-order valence-electron chi connectivity index (χ2n) is 8.50. The smallest absolute Gasteiger partial charge is 0.244 e. The lowest BCUT2D eigenvalue weighted by Crippen LogP contribution is -2.39. The first-order valence-electron chi connectivity index (χ1n) is 10.9. The van der Waals surface area contributed by atoms with Crippen molar-refractivity contribution in [3.8, 4) is 6.07 Å². The second-order valence-corrected chi connectivity index (χ2v) is 11.5. The molecule has 0 aliphatic carbocycles. The van der Waals surface area contributed by atoms with E-state index in [4.69, 9.17) is 0 Å². The molecule has 1 saturated heterocycles. The standard InChI is InChI=1S/C24H27N5O2S2/c1-16-11-17(2)13-22(12-16)32-23-6-5-20(15-25)14-24(23)33(30,31)28-9-7-21(8-10-28)29-18(3)26-27-19(29)4/h5-6,11-14,21H,7-10H2,1-4H3. The maximum Gasteiger partial charge on any atom is 0.244 e. The van der Waals surface area contributed by atoms with Gasteiger partial charge in [0.25, 0.3) is 0 Å². The summed E-state index contributed by atoms with van der Waals surface area (Å²) in [5.41, 5.74) is 2.58. The summed E-state index contributed by atoms with van der Waals surface area (Å²) in [6.07, 6.45) is 1.38. The molecule has 9 heteroatoms. The molecule has 0 amide bonds. The van der Waals surface area contributed by atoms with Crippen LogP contribution in [-0.2, 0) is 10.0 Å². The number of benzene rings is 2. The van der Waals surface area contributed by atoms with Gasteiger partial charge in [-0.2, -0.15) is 9.57 Å².